The number of rotatable bonds is 4. The first-order chi connectivity index (χ1) is 13.5. The van der Waals surface area contributed by atoms with Crippen LogP contribution in [-0.4, -0.2) is 14.2 Å². The summed E-state index contributed by atoms with van der Waals surface area (Å²) in [4.78, 5) is 0. The maximum Gasteiger partial charge on any atom is 0.218 e. The summed E-state index contributed by atoms with van der Waals surface area (Å²) in [6.07, 6.45) is 0. The Morgan fingerprint density at radius 1 is 0.821 bits per heavy atom. The van der Waals surface area contributed by atoms with E-state index in [0.717, 1.165) is 11.4 Å². The molecule has 4 nitrogen and oxygen atoms in total. The highest BCUT2D eigenvalue weighted by atomic mass is 32.1. The van der Waals surface area contributed by atoms with Crippen molar-refractivity contribution in [2.45, 2.75) is 6.92 Å². The van der Waals surface area contributed by atoms with Crippen LogP contribution in [0.2, 0.25) is 0 Å². The van der Waals surface area contributed by atoms with Crippen molar-refractivity contribution in [2.24, 2.45) is 0 Å². The van der Waals surface area contributed by atoms with Crippen molar-refractivity contribution in [1.29, 1.82) is 0 Å². The molecule has 0 radical (unpaired) electrons. The predicted octanol–water partition coefficient (Wildman–Crippen LogP) is 5.94. The topological polar surface area (TPSA) is 39.3 Å². The number of nitrogens with zero attached hydrogens (tertiary/aromatic N) is 2. The maximum atomic E-state index is 13.6. The lowest BCUT2D eigenvalue weighted by atomic mass is 10.3. The molecule has 0 aliphatic heterocycles. The van der Waals surface area contributed by atoms with Crippen molar-refractivity contribution < 1.29 is 14.2 Å². The Morgan fingerprint density at radius 3 is 2.18 bits per heavy atom. The van der Waals surface area contributed by atoms with Crippen molar-refractivity contribution >= 4 is 12.2 Å². The summed E-state index contributed by atoms with van der Waals surface area (Å²) in [7, 11) is 0. The molecule has 1 heterocycles. The van der Waals surface area contributed by atoms with E-state index < -0.39 is 5.82 Å². The summed E-state index contributed by atoms with van der Waals surface area (Å²) < 4.78 is 23.0. The number of aromatic hydroxyl groups is 1. The highest BCUT2D eigenvalue weighted by molar-refractivity contribution is 7.71. The van der Waals surface area contributed by atoms with Gasteiger partial charge in [0.05, 0.1) is 11.4 Å². The Morgan fingerprint density at radius 2 is 1.50 bits per heavy atom. The maximum absolute atomic E-state index is 13.6. The Kier molecular flexibility index (Phi) is 4.71. The largest absolute Gasteiger partial charge is 0.493 e. The second-order valence-electron chi connectivity index (χ2n) is 6.25. The van der Waals surface area contributed by atoms with E-state index in [0.29, 0.717) is 21.9 Å². The van der Waals surface area contributed by atoms with Crippen LogP contribution < -0.4 is 4.74 Å². The summed E-state index contributed by atoms with van der Waals surface area (Å²) in [5.74, 6) is 1.01. The molecule has 4 rings (SSSR count). The number of hydrogen-bond acceptors (Lipinski definition) is 3. The first-order valence-corrected chi connectivity index (χ1v) is 9.08. The number of halogens is 1. The SMILES string of the molecule is Cc1c(O)n(-c2cccc(F)c2)c(=S)n1-c1ccc(Oc2ccccc2)cc1. The van der Waals surface area contributed by atoms with Crippen molar-refractivity contribution in [3.05, 3.63) is 95.1 Å². The lowest BCUT2D eigenvalue weighted by Crippen LogP contribution is -1.99. The predicted molar refractivity (Wildman–Crippen MR) is 109 cm³/mol. The van der Waals surface area contributed by atoms with E-state index >= 15 is 0 Å². The van der Waals surface area contributed by atoms with Gasteiger partial charge in [-0.15, -0.1) is 0 Å². The average molecular weight is 392 g/mol. The highest BCUT2D eigenvalue weighted by Gasteiger charge is 2.16. The number of imidazole rings is 1. The average Bonchev–Trinajstić information content (AvgIpc) is 2.92. The number of ether oxygens (including phenoxy) is 1. The van der Waals surface area contributed by atoms with Crippen molar-refractivity contribution in [2.75, 3.05) is 0 Å². The van der Waals surface area contributed by atoms with Crippen LogP contribution in [0.15, 0.2) is 78.9 Å². The Balaban J connectivity index is 1.72. The molecule has 0 amide bonds. The quantitative estimate of drug-likeness (QED) is 0.437. The van der Waals surface area contributed by atoms with Crippen molar-refractivity contribution in [1.82, 2.24) is 9.13 Å². The number of benzene rings is 3. The lowest BCUT2D eigenvalue weighted by molar-refractivity contribution is 0.437. The van der Waals surface area contributed by atoms with E-state index in [9.17, 15) is 9.50 Å². The standard InChI is InChI=1S/C22H17FN2O2S/c1-15-21(26)25(18-7-5-6-16(23)14-18)22(28)24(15)17-10-12-20(13-11-17)27-19-8-3-2-4-9-19/h2-14,26H,1H3. The number of para-hydroxylation sites is 1. The molecule has 0 saturated carbocycles. The molecule has 0 bridgehead atoms. The van der Waals surface area contributed by atoms with Crippen LogP contribution in [0.1, 0.15) is 5.69 Å². The van der Waals surface area contributed by atoms with Gasteiger partial charge in [-0.05, 0) is 73.7 Å². The minimum absolute atomic E-state index is 0.0276. The van der Waals surface area contributed by atoms with Crippen LogP contribution in [0.3, 0.4) is 0 Å². The van der Waals surface area contributed by atoms with Gasteiger partial charge in [0.25, 0.3) is 0 Å². The fourth-order valence-corrected chi connectivity index (χ4v) is 3.47. The van der Waals surface area contributed by atoms with Gasteiger partial charge >= 0.3 is 0 Å². The normalized spacial score (nSPS) is 10.8. The van der Waals surface area contributed by atoms with Crippen LogP contribution >= 0.6 is 12.2 Å². The van der Waals surface area contributed by atoms with E-state index in [-0.39, 0.29) is 5.88 Å². The highest BCUT2D eigenvalue weighted by Crippen LogP contribution is 2.29. The second kappa shape index (κ2) is 7.32. The lowest BCUT2D eigenvalue weighted by Gasteiger charge is -2.08. The molecule has 0 spiro atoms. The first kappa shape index (κ1) is 18.0. The van der Waals surface area contributed by atoms with E-state index in [4.69, 9.17) is 17.0 Å². The van der Waals surface area contributed by atoms with Crippen molar-refractivity contribution in [3.63, 3.8) is 0 Å². The molecule has 0 unspecified atom stereocenters. The molecule has 4 aromatic rings. The molecule has 0 fully saturated rings. The second-order valence-corrected chi connectivity index (χ2v) is 6.62. The molecular weight excluding hydrogens is 375 g/mol. The van der Waals surface area contributed by atoms with Gasteiger partial charge in [-0.25, -0.2) is 4.39 Å². The van der Waals surface area contributed by atoms with Gasteiger partial charge in [0.1, 0.15) is 17.3 Å². The summed E-state index contributed by atoms with van der Waals surface area (Å²) in [5.41, 5.74) is 1.80. The third-order valence-electron chi connectivity index (χ3n) is 4.39. The van der Waals surface area contributed by atoms with E-state index in [1.54, 1.807) is 23.6 Å². The monoisotopic (exact) mass is 392 g/mol. The molecule has 28 heavy (non-hydrogen) atoms. The van der Waals surface area contributed by atoms with Gasteiger partial charge in [-0.1, -0.05) is 24.3 Å². The smallest absolute Gasteiger partial charge is 0.218 e. The fraction of sp³-hybridized carbons (Fsp3) is 0.0455. The van der Waals surface area contributed by atoms with Crippen LogP contribution in [0.4, 0.5) is 4.39 Å². The summed E-state index contributed by atoms with van der Waals surface area (Å²) in [5, 5.41) is 10.6. The third-order valence-corrected chi connectivity index (χ3v) is 4.76. The molecular formula is C22H17FN2O2S. The molecule has 0 aliphatic rings. The molecule has 3 aromatic carbocycles. The van der Waals surface area contributed by atoms with Crippen molar-refractivity contribution in [3.8, 4) is 28.8 Å². The number of aromatic nitrogens is 2. The molecule has 0 aliphatic carbocycles. The Bertz CT molecular complexity index is 1180. The minimum atomic E-state index is -0.397. The van der Waals surface area contributed by atoms with Gasteiger partial charge in [0.15, 0.2) is 4.77 Å². The van der Waals surface area contributed by atoms with Gasteiger partial charge in [0.2, 0.25) is 5.88 Å². The fourth-order valence-electron chi connectivity index (χ4n) is 3.04. The van der Waals surface area contributed by atoms with Crippen LogP contribution in [0.5, 0.6) is 17.4 Å². The molecule has 140 valence electrons. The van der Waals surface area contributed by atoms with Gasteiger partial charge in [-0.3, -0.25) is 9.13 Å². The van der Waals surface area contributed by atoms with Crippen LogP contribution in [-0.2, 0) is 0 Å². The molecule has 0 atom stereocenters. The van der Waals surface area contributed by atoms with Gasteiger partial charge in [0, 0.05) is 5.69 Å². The van der Waals surface area contributed by atoms with Gasteiger partial charge < -0.3 is 9.84 Å². The zero-order valence-electron chi connectivity index (χ0n) is 15.0. The zero-order valence-corrected chi connectivity index (χ0v) is 15.9. The van der Waals surface area contributed by atoms with Crippen LogP contribution in [0.25, 0.3) is 11.4 Å². The van der Waals surface area contributed by atoms with E-state index in [1.807, 2.05) is 54.6 Å². The van der Waals surface area contributed by atoms with E-state index in [1.165, 1.54) is 16.7 Å². The third kappa shape index (κ3) is 3.30. The first-order valence-electron chi connectivity index (χ1n) is 8.67. The molecule has 1 N–H and O–H groups in total. The molecule has 6 heteroatoms. The summed E-state index contributed by atoms with van der Waals surface area (Å²) >= 11 is 5.56. The molecule has 0 saturated heterocycles. The summed E-state index contributed by atoms with van der Waals surface area (Å²) in [6.45, 7) is 1.76. The van der Waals surface area contributed by atoms with E-state index in [2.05, 4.69) is 0 Å². The molecule has 1 aromatic heterocycles. The minimum Gasteiger partial charge on any atom is -0.493 e. The number of hydrogen-bond donors (Lipinski definition) is 1. The van der Waals surface area contributed by atoms with Gasteiger partial charge in [-0.2, -0.15) is 0 Å². The Hall–Kier alpha value is -3.38. The zero-order chi connectivity index (χ0) is 19.7. The summed E-state index contributed by atoms with van der Waals surface area (Å²) in [6, 6.07) is 22.8. The van der Waals surface area contributed by atoms with Crippen LogP contribution in [0, 0.1) is 17.5 Å². The Labute approximate surface area is 166 Å².